The Kier molecular flexibility index (Phi) is 5.02. The van der Waals surface area contributed by atoms with Gasteiger partial charge in [0.15, 0.2) is 0 Å². The molecule has 2 rings (SSSR count). The topological polar surface area (TPSA) is 30.5 Å². The Morgan fingerprint density at radius 1 is 1.10 bits per heavy atom. The SMILES string of the molecule is CNC(C)c1cccc(OCc2ccccc2OC)c1. The van der Waals surface area contributed by atoms with E-state index in [1.54, 1.807) is 7.11 Å². The standard InChI is InChI=1S/C17H21NO2/c1-13(18-2)14-8-6-9-16(11-14)20-12-15-7-4-5-10-17(15)19-3/h4-11,13,18H,12H2,1-3H3. The molecule has 20 heavy (non-hydrogen) atoms. The van der Waals surface area contributed by atoms with Crippen LogP contribution in [0, 0.1) is 0 Å². The van der Waals surface area contributed by atoms with Crippen LogP contribution in [0.15, 0.2) is 48.5 Å². The van der Waals surface area contributed by atoms with E-state index in [4.69, 9.17) is 9.47 Å². The van der Waals surface area contributed by atoms with E-state index in [2.05, 4.69) is 24.4 Å². The Labute approximate surface area is 120 Å². The van der Waals surface area contributed by atoms with Gasteiger partial charge >= 0.3 is 0 Å². The van der Waals surface area contributed by atoms with E-state index in [0.717, 1.165) is 17.1 Å². The van der Waals surface area contributed by atoms with Crippen LogP contribution in [0.3, 0.4) is 0 Å². The molecule has 0 spiro atoms. The van der Waals surface area contributed by atoms with Gasteiger partial charge in [0, 0.05) is 11.6 Å². The Bertz CT molecular complexity index is 554. The molecule has 3 nitrogen and oxygen atoms in total. The number of hydrogen-bond donors (Lipinski definition) is 1. The van der Waals surface area contributed by atoms with Crippen molar-refractivity contribution in [2.24, 2.45) is 0 Å². The van der Waals surface area contributed by atoms with Crippen LogP contribution in [0.2, 0.25) is 0 Å². The fraction of sp³-hybridized carbons (Fsp3) is 0.294. The minimum absolute atomic E-state index is 0.310. The molecule has 0 aliphatic carbocycles. The van der Waals surface area contributed by atoms with Crippen molar-refractivity contribution in [3.63, 3.8) is 0 Å². The molecule has 0 fully saturated rings. The molecule has 1 N–H and O–H groups in total. The second-order valence-electron chi connectivity index (χ2n) is 4.68. The van der Waals surface area contributed by atoms with Gasteiger partial charge in [0.2, 0.25) is 0 Å². The maximum Gasteiger partial charge on any atom is 0.125 e. The van der Waals surface area contributed by atoms with E-state index in [1.165, 1.54) is 5.56 Å². The van der Waals surface area contributed by atoms with E-state index in [-0.39, 0.29) is 0 Å². The van der Waals surface area contributed by atoms with Gasteiger partial charge in [-0.1, -0.05) is 30.3 Å². The summed E-state index contributed by atoms with van der Waals surface area (Å²) in [5, 5.41) is 3.22. The molecule has 0 radical (unpaired) electrons. The Morgan fingerprint density at radius 3 is 2.65 bits per heavy atom. The van der Waals surface area contributed by atoms with Gasteiger partial charge in [-0.05, 0) is 37.7 Å². The first-order valence-corrected chi connectivity index (χ1v) is 6.76. The minimum Gasteiger partial charge on any atom is -0.496 e. The van der Waals surface area contributed by atoms with Crippen LogP contribution in [0.1, 0.15) is 24.1 Å². The lowest BCUT2D eigenvalue weighted by atomic mass is 10.1. The summed E-state index contributed by atoms with van der Waals surface area (Å²) >= 11 is 0. The first-order valence-electron chi connectivity index (χ1n) is 6.76. The van der Waals surface area contributed by atoms with Crippen LogP contribution in [0.5, 0.6) is 11.5 Å². The molecule has 1 atom stereocenters. The molecule has 0 saturated heterocycles. The van der Waals surface area contributed by atoms with E-state index in [0.29, 0.717) is 12.6 Å². The van der Waals surface area contributed by atoms with Crippen molar-refractivity contribution in [1.29, 1.82) is 0 Å². The maximum absolute atomic E-state index is 5.86. The van der Waals surface area contributed by atoms with Gasteiger partial charge in [-0.15, -0.1) is 0 Å². The summed E-state index contributed by atoms with van der Waals surface area (Å²) in [6, 6.07) is 16.4. The van der Waals surface area contributed by atoms with Crippen LogP contribution in [0.4, 0.5) is 0 Å². The zero-order chi connectivity index (χ0) is 14.4. The molecule has 0 bridgehead atoms. The fourth-order valence-electron chi connectivity index (χ4n) is 2.02. The fourth-order valence-corrected chi connectivity index (χ4v) is 2.02. The summed E-state index contributed by atoms with van der Waals surface area (Å²) in [5.74, 6) is 1.72. The first-order chi connectivity index (χ1) is 9.74. The van der Waals surface area contributed by atoms with Gasteiger partial charge in [-0.2, -0.15) is 0 Å². The van der Waals surface area contributed by atoms with E-state index >= 15 is 0 Å². The third kappa shape index (κ3) is 3.52. The number of benzene rings is 2. The van der Waals surface area contributed by atoms with E-state index in [1.807, 2.05) is 43.4 Å². The summed E-state index contributed by atoms with van der Waals surface area (Å²) in [6.07, 6.45) is 0. The zero-order valence-electron chi connectivity index (χ0n) is 12.2. The predicted octanol–water partition coefficient (Wildman–Crippen LogP) is 3.55. The highest BCUT2D eigenvalue weighted by Crippen LogP contribution is 2.22. The Balaban J connectivity index is 2.07. The molecule has 0 aliphatic rings. The molecule has 0 saturated carbocycles. The van der Waals surface area contributed by atoms with Crippen molar-refractivity contribution < 1.29 is 9.47 Å². The average Bonchev–Trinajstić information content (AvgIpc) is 2.52. The predicted molar refractivity (Wildman–Crippen MR) is 81.2 cm³/mol. The number of ether oxygens (including phenoxy) is 2. The largest absolute Gasteiger partial charge is 0.496 e. The molecular weight excluding hydrogens is 250 g/mol. The smallest absolute Gasteiger partial charge is 0.125 e. The summed E-state index contributed by atoms with van der Waals surface area (Å²) in [7, 11) is 3.63. The Hall–Kier alpha value is -2.00. The average molecular weight is 271 g/mol. The number of rotatable bonds is 6. The number of nitrogens with one attached hydrogen (secondary N) is 1. The highest BCUT2D eigenvalue weighted by molar-refractivity contribution is 5.34. The highest BCUT2D eigenvalue weighted by atomic mass is 16.5. The summed E-state index contributed by atoms with van der Waals surface area (Å²) in [5.41, 5.74) is 2.26. The van der Waals surface area contributed by atoms with Gasteiger partial charge in [-0.3, -0.25) is 0 Å². The van der Waals surface area contributed by atoms with Crippen molar-refractivity contribution in [3.05, 3.63) is 59.7 Å². The van der Waals surface area contributed by atoms with Crippen LogP contribution in [0.25, 0.3) is 0 Å². The van der Waals surface area contributed by atoms with Crippen molar-refractivity contribution in [3.8, 4) is 11.5 Å². The Morgan fingerprint density at radius 2 is 1.90 bits per heavy atom. The summed E-state index contributed by atoms with van der Waals surface area (Å²) < 4.78 is 11.2. The van der Waals surface area contributed by atoms with Gasteiger partial charge in [0.1, 0.15) is 18.1 Å². The van der Waals surface area contributed by atoms with Crippen LogP contribution in [-0.4, -0.2) is 14.2 Å². The van der Waals surface area contributed by atoms with Crippen molar-refractivity contribution in [2.45, 2.75) is 19.6 Å². The van der Waals surface area contributed by atoms with Crippen molar-refractivity contribution in [1.82, 2.24) is 5.32 Å². The molecular formula is C17H21NO2. The molecule has 0 heterocycles. The quantitative estimate of drug-likeness (QED) is 0.871. The van der Waals surface area contributed by atoms with Crippen LogP contribution in [-0.2, 0) is 6.61 Å². The monoisotopic (exact) mass is 271 g/mol. The lowest BCUT2D eigenvalue weighted by molar-refractivity contribution is 0.296. The molecule has 2 aromatic rings. The van der Waals surface area contributed by atoms with Gasteiger partial charge < -0.3 is 14.8 Å². The first kappa shape index (κ1) is 14.4. The third-order valence-electron chi connectivity index (χ3n) is 3.38. The normalized spacial score (nSPS) is 11.9. The van der Waals surface area contributed by atoms with Crippen LogP contribution >= 0.6 is 0 Å². The lowest BCUT2D eigenvalue weighted by Gasteiger charge is -2.13. The van der Waals surface area contributed by atoms with E-state index < -0.39 is 0 Å². The molecule has 1 unspecified atom stereocenters. The second-order valence-corrected chi connectivity index (χ2v) is 4.68. The third-order valence-corrected chi connectivity index (χ3v) is 3.38. The van der Waals surface area contributed by atoms with Crippen molar-refractivity contribution >= 4 is 0 Å². The second kappa shape index (κ2) is 6.96. The molecule has 0 aliphatic heterocycles. The van der Waals surface area contributed by atoms with Crippen molar-refractivity contribution in [2.75, 3.05) is 14.2 Å². The van der Waals surface area contributed by atoms with Gasteiger partial charge in [0.25, 0.3) is 0 Å². The number of para-hydroxylation sites is 1. The molecule has 2 aromatic carbocycles. The summed E-state index contributed by atoms with van der Waals surface area (Å²) in [4.78, 5) is 0. The lowest BCUT2D eigenvalue weighted by Crippen LogP contribution is -2.12. The van der Waals surface area contributed by atoms with Gasteiger partial charge in [-0.25, -0.2) is 0 Å². The molecule has 106 valence electrons. The number of methoxy groups -OCH3 is 1. The molecule has 3 heteroatoms. The molecule has 0 aromatic heterocycles. The summed E-state index contributed by atoms with van der Waals surface area (Å²) in [6.45, 7) is 2.63. The zero-order valence-corrected chi connectivity index (χ0v) is 12.2. The maximum atomic E-state index is 5.86. The molecule has 0 amide bonds. The van der Waals surface area contributed by atoms with E-state index in [9.17, 15) is 0 Å². The van der Waals surface area contributed by atoms with Gasteiger partial charge in [0.05, 0.1) is 7.11 Å². The minimum atomic E-state index is 0.310. The van der Waals surface area contributed by atoms with Crippen LogP contribution < -0.4 is 14.8 Å². The highest BCUT2D eigenvalue weighted by Gasteiger charge is 2.05. The number of hydrogen-bond acceptors (Lipinski definition) is 3.